The second kappa shape index (κ2) is 12.9. The Morgan fingerprint density at radius 2 is 1.85 bits per heavy atom. The number of likely N-dealkylation sites (tertiary alicyclic amines) is 1. The fraction of sp³-hybridized carbons (Fsp3) is 0.357. The van der Waals surface area contributed by atoms with Crippen LogP contribution >= 0.6 is 35.0 Å². The number of halogens is 2. The van der Waals surface area contributed by atoms with Gasteiger partial charge in [-0.1, -0.05) is 47.5 Å². The number of amides is 3. The van der Waals surface area contributed by atoms with E-state index < -0.39 is 12.0 Å². The predicted octanol–water partition coefficient (Wildman–Crippen LogP) is 4.21. The molecule has 1 saturated heterocycles. The van der Waals surface area contributed by atoms with Crippen LogP contribution in [0.2, 0.25) is 10.0 Å². The van der Waals surface area contributed by atoms with Crippen molar-refractivity contribution in [3.05, 3.63) is 63.6 Å². The second-order valence-corrected chi connectivity index (χ2v) is 10.9. The summed E-state index contributed by atoms with van der Waals surface area (Å²) in [5.74, 6) is -1.62. The summed E-state index contributed by atoms with van der Waals surface area (Å²) in [6.07, 6.45) is 6.14. The van der Waals surface area contributed by atoms with Gasteiger partial charge in [0.25, 0.3) is 0 Å². The number of hydrogen-bond donors (Lipinski definition) is 1. The molecule has 0 spiro atoms. The first-order chi connectivity index (χ1) is 18.7. The Balaban J connectivity index is 1.33. The first kappa shape index (κ1) is 29.0. The number of nitrogens with zero attached hydrogens (tertiary/aromatic N) is 2. The Morgan fingerprint density at radius 3 is 2.54 bits per heavy atom. The lowest BCUT2D eigenvalue weighted by molar-refractivity contribution is -0.145. The van der Waals surface area contributed by atoms with Crippen LogP contribution in [0.25, 0.3) is 6.08 Å². The van der Waals surface area contributed by atoms with Crippen molar-refractivity contribution in [2.75, 3.05) is 37.9 Å². The van der Waals surface area contributed by atoms with Crippen LogP contribution in [0.15, 0.2) is 47.4 Å². The quantitative estimate of drug-likeness (QED) is 0.281. The molecule has 0 bridgehead atoms. The van der Waals surface area contributed by atoms with Crippen molar-refractivity contribution in [3.8, 4) is 0 Å². The van der Waals surface area contributed by atoms with Gasteiger partial charge in [0.2, 0.25) is 17.7 Å². The minimum atomic E-state index is -1.01. The summed E-state index contributed by atoms with van der Waals surface area (Å²) in [4.78, 5) is 54.9. The van der Waals surface area contributed by atoms with Crippen LogP contribution in [0.5, 0.6) is 0 Å². The third kappa shape index (κ3) is 6.59. The minimum absolute atomic E-state index is 0.0130. The number of anilines is 1. The molecule has 3 amide bonds. The van der Waals surface area contributed by atoms with E-state index in [9.17, 15) is 19.2 Å². The molecule has 0 aromatic heterocycles. The van der Waals surface area contributed by atoms with Crippen molar-refractivity contribution in [1.29, 1.82) is 0 Å². The van der Waals surface area contributed by atoms with E-state index in [0.717, 1.165) is 16.1 Å². The second-order valence-electron chi connectivity index (χ2n) is 9.31. The van der Waals surface area contributed by atoms with E-state index in [1.54, 1.807) is 11.0 Å². The molecule has 2 heterocycles. The molecule has 0 saturated carbocycles. The van der Waals surface area contributed by atoms with Crippen molar-refractivity contribution in [2.45, 2.75) is 30.2 Å². The molecule has 1 N–H and O–H groups in total. The van der Waals surface area contributed by atoms with Gasteiger partial charge in [-0.25, -0.2) is 4.79 Å². The molecule has 0 aliphatic carbocycles. The maximum absolute atomic E-state index is 13.1. The summed E-state index contributed by atoms with van der Waals surface area (Å²) in [6, 6.07) is 10.0. The highest BCUT2D eigenvalue weighted by Crippen LogP contribution is 2.35. The number of thioether (sulfide) groups is 1. The van der Waals surface area contributed by atoms with Crippen LogP contribution in [0.1, 0.15) is 24.0 Å². The lowest BCUT2D eigenvalue weighted by atomic mass is 9.95. The third-order valence-corrected chi connectivity index (χ3v) is 8.76. The molecule has 8 nitrogen and oxygen atoms in total. The molecule has 2 aliphatic rings. The van der Waals surface area contributed by atoms with E-state index in [-0.39, 0.29) is 36.6 Å². The summed E-state index contributed by atoms with van der Waals surface area (Å²) in [5.41, 5.74) is 2.26. The SMILES string of the molecule is COC(=O)C(CN1C(=O)Cc2ccccc21)NC(=O)C1CCN(C(=O)/C=C/c2ccc(SC)c(Cl)c2Cl)CC1. The normalized spacial score (nSPS) is 16.4. The molecule has 206 valence electrons. The van der Waals surface area contributed by atoms with Gasteiger partial charge in [-0.05, 0) is 48.4 Å². The molecular formula is C28H29Cl2N3O5S. The smallest absolute Gasteiger partial charge is 0.330 e. The van der Waals surface area contributed by atoms with Crippen molar-refractivity contribution in [2.24, 2.45) is 5.92 Å². The Kier molecular flexibility index (Phi) is 9.58. The van der Waals surface area contributed by atoms with Gasteiger partial charge in [-0.3, -0.25) is 14.4 Å². The first-order valence-corrected chi connectivity index (χ1v) is 14.5. The molecular weight excluding hydrogens is 561 g/mol. The summed E-state index contributed by atoms with van der Waals surface area (Å²) < 4.78 is 4.90. The largest absolute Gasteiger partial charge is 0.467 e. The van der Waals surface area contributed by atoms with E-state index in [1.165, 1.54) is 29.8 Å². The summed E-state index contributed by atoms with van der Waals surface area (Å²) in [7, 11) is 1.25. The molecule has 11 heteroatoms. The zero-order valence-electron chi connectivity index (χ0n) is 21.6. The summed E-state index contributed by atoms with van der Waals surface area (Å²) in [6.45, 7) is 0.769. The Hall–Kier alpha value is -3.01. The average Bonchev–Trinajstić information content (AvgIpc) is 3.27. The van der Waals surface area contributed by atoms with Gasteiger partial charge in [0.15, 0.2) is 0 Å². The van der Waals surface area contributed by atoms with Crippen molar-refractivity contribution in [3.63, 3.8) is 0 Å². The summed E-state index contributed by atoms with van der Waals surface area (Å²) >= 11 is 14.1. The molecule has 2 aromatic carbocycles. The van der Waals surface area contributed by atoms with Gasteiger partial charge in [-0.2, -0.15) is 0 Å². The Labute approximate surface area is 241 Å². The lowest BCUT2D eigenvalue weighted by Gasteiger charge is -2.32. The van der Waals surface area contributed by atoms with Gasteiger partial charge in [-0.15, -0.1) is 11.8 Å². The van der Waals surface area contributed by atoms with E-state index in [1.807, 2.05) is 42.7 Å². The van der Waals surface area contributed by atoms with Gasteiger partial charge >= 0.3 is 5.97 Å². The maximum atomic E-state index is 13.1. The van der Waals surface area contributed by atoms with Crippen molar-refractivity contribution < 1.29 is 23.9 Å². The standard InChI is InChI=1S/C28H29Cl2N3O5S/c1-38-28(37)20(16-33-21-6-4-3-5-19(21)15-24(33)35)31-27(36)18-11-13-32(14-12-18)23(34)10-8-17-7-9-22(39-2)26(30)25(17)29/h3-10,18,20H,11-16H2,1-2H3,(H,31,36)/b10-8+. The van der Waals surface area contributed by atoms with Crippen LogP contribution in [0, 0.1) is 5.92 Å². The number of nitrogens with one attached hydrogen (secondary N) is 1. The first-order valence-electron chi connectivity index (χ1n) is 12.5. The third-order valence-electron chi connectivity index (χ3n) is 6.97. The van der Waals surface area contributed by atoms with Gasteiger partial charge < -0.3 is 19.9 Å². The number of carbonyl (C=O) groups excluding carboxylic acids is 4. The fourth-order valence-corrected chi connectivity index (χ4v) is 5.94. The highest BCUT2D eigenvalue weighted by molar-refractivity contribution is 7.98. The number of methoxy groups -OCH3 is 1. The van der Waals surface area contributed by atoms with Crippen LogP contribution in [-0.2, 0) is 30.3 Å². The van der Waals surface area contributed by atoms with E-state index >= 15 is 0 Å². The summed E-state index contributed by atoms with van der Waals surface area (Å²) in [5, 5.41) is 3.62. The number of ether oxygens (including phenoxy) is 1. The monoisotopic (exact) mass is 589 g/mol. The Morgan fingerprint density at radius 1 is 1.13 bits per heavy atom. The Bertz CT molecular complexity index is 1310. The fourth-order valence-electron chi connectivity index (χ4n) is 4.77. The predicted molar refractivity (Wildman–Crippen MR) is 153 cm³/mol. The average molecular weight is 591 g/mol. The highest BCUT2D eigenvalue weighted by Gasteiger charge is 2.34. The zero-order chi connectivity index (χ0) is 28.1. The molecule has 4 rings (SSSR count). The maximum Gasteiger partial charge on any atom is 0.330 e. The number of benzene rings is 2. The number of para-hydroxylation sites is 1. The molecule has 2 aliphatic heterocycles. The van der Waals surface area contributed by atoms with Crippen molar-refractivity contribution >= 4 is 70.4 Å². The minimum Gasteiger partial charge on any atom is -0.467 e. The van der Waals surface area contributed by atoms with Crippen molar-refractivity contribution in [1.82, 2.24) is 10.2 Å². The van der Waals surface area contributed by atoms with Gasteiger partial charge in [0, 0.05) is 35.7 Å². The molecule has 1 unspecified atom stereocenters. The van der Waals surface area contributed by atoms with Gasteiger partial charge in [0.05, 0.1) is 30.1 Å². The van der Waals surface area contributed by atoms with Crippen LogP contribution in [0.3, 0.4) is 0 Å². The number of fused-ring (bicyclic) bond motifs is 1. The molecule has 39 heavy (non-hydrogen) atoms. The molecule has 1 fully saturated rings. The number of esters is 1. The number of carbonyl (C=O) groups is 4. The van der Waals surface area contributed by atoms with Crippen LogP contribution in [0.4, 0.5) is 5.69 Å². The topological polar surface area (TPSA) is 96.0 Å². The lowest BCUT2D eigenvalue weighted by Crippen LogP contribution is -2.52. The number of piperidine rings is 1. The van der Waals surface area contributed by atoms with Gasteiger partial charge in [0.1, 0.15) is 6.04 Å². The number of hydrogen-bond acceptors (Lipinski definition) is 6. The highest BCUT2D eigenvalue weighted by atomic mass is 35.5. The molecule has 0 radical (unpaired) electrons. The van der Waals surface area contributed by atoms with E-state index in [2.05, 4.69) is 5.32 Å². The van der Waals surface area contributed by atoms with E-state index in [4.69, 9.17) is 27.9 Å². The molecule has 1 atom stereocenters. The van der Waals surface area contributed by atoms with Crippen LogP contribution < -0.4 is 10.2 Å². The van der Waals surface area contributed by atoms with E-state index in [0.29, 0.717) is 41.5 Å². The molecule has 2 aromatic rings. The zero-order valence-corrected chi connectivity index (χ0v) is 23.9. The van der Waals surface area contributed by atoms with Crippen LogP contribution in [-0.4, -0.2) is 67.6 Å². The number of rotatable bonds is 8.